The summed E-state index contributed by atoms with van der Waals surface area (Å²) in [6.45, 7) is 1.92. The van der Waals surface area contributed by atoms with Crippen LogP contribution in [0, 0.1) is 6.92 Å². The van der Waals surface area contributed by atoms with E-state index in [0.29, 0.717) is 5.75 Å². The Bertz CT molecular complexity index is 815. The summed E-state index contributed by atoms with van der Waals surface area (Å²) in [6.07, 6.45) is 1.25. The average Bonchev–Trinajstić information content (AvgIpc) is 3.32. The third-order valence-corrected chi connectivity index (χ3v) is 7.92. The first kappa shape index (κ1) is 16.4. The summed E-state index contributed by atoms with van der Waals surface area (Å²) in [6, 6.07) is 14.2. The number of hydrogen-bond donors (Lipinski definition) is 0. The highest BCUT2D eigenvalue weighted by molar-refractivity contribution is 8.14. The maximum atomic E-state index is 13.0. The second-order valence-corrected chi connectivity index (χ2v) is 8.76. The first-order valence-electron chi connectivity index (χ1n) is 7.13. The van der Waals surface area contributed by atoms with E-state index in [1.54, 1.807) is 37.6 Å². The summed E-state index contributed by atoms with van der Waals surface area (Å²) in [5, 5.41) is 0. The molecule has 0 N–H and O–H groups in total. The zero-order valence-electron chi connectivity index (χ0n) is 13.1. The highest BCUT2D eigenvalue weighted by Gasteiger charge is 2.67. The zero-order valence-corrected chi connectivity index (χ0v) is 14.8. The molecule has 0 spiro atoms. The second kappa shape index (κ2) is 5.85. The number of hydrogen-bond acceptors (Lipinski definition) is 5. The molecule has 2 atom stereocenters. The second-order valence-electron chi connectivity index (χ2n) is 5.40. The van der Waals surface area contributed by atoms with Crippen LogP contribution in [0.2, 0.25) is 0 Å². The molecule has 0 aromatic heterocycles. The van der Waals surface area contributed by atoms with Gasteiger partial charge in [-0.25, -0.2) is 8.42 Å². The summed E-state index contributed by atoms with van der Waals surface area (Å²) in [7, 11) is -2.03. The fourth-order valence-corrected chi connectivity index (χ4v) is 5.73. The summed E-state index contributed by atoms with van der Waals surface area (Å²) < 4.78 is 35.7. The van der Waals surface area contributed by atoms with Crippen LogP contribution in [-0.2, 0) is 14.6 Å². The number of aryl methyl sites for hydroxylation is 1. The molecule has 4 nitrogen and oxygen atoms in total. The molecule has 1 fully saturated rings. The minimum absolute atomic E-state index is 0.280. The van der Waals surface area contributed by atoms with Crippen LogP contribution < -0.4 is 4.74 Å². The Kier molecular flexibility index (Phi) is 4.16. The molecule has 1 saturated heterocycles. The minimum atomic E-state index is -3.61. The molecular formula is C17H18O4S2. The lowest BCUT2D eigenvalue weighted by Gasteiger charge is -2.12. The number of epoxide rings is 1. The van der Waals surface area contributed by atoms with Crippen molar-refractivity contribution in [3.63, 3.8) is 0 Å². The van der Waals surface area contributed by atoms with E-state index in [1.165, 1.54) is 11.8 Å². The molecule has 1 aliphatic rings. The summed E-state index contributed by atoms with van der Waals surface area (Å²) in [5.74, 6) is 0.681. The molecule has 3 rings (SSSR count). The van der Waals surface area contributed by atoms with Crippen LogP contribution in [0.1, 0.15) is 17.2 Å². The lowest BCUT2D eigenvalue weighted by atomic mass is 10.1. The van der Waals surface area contributed by atoms with Crippen LogP contribution >= 0.6 is 11.8 Å². The maximum Gasteiger partial charge on any atom is 0.251 e. The van der Waals surface area contributed by atoms with Crippen molar-refractivity contribution in [2.75, 3.05) is 13.4 Å². The van der Waals surface area contributed by atoms with Crippen molar-refractivity contribution in [1.29, 1.82) is 0 Å². The Morgan fingerprint density at radius 2 is 1.87 bits per heavy atom. The van der Waals surface area contributed by atoms with Crippen LogP contribution in [0.5, 0.6) is 5.75 Å². The molecule has 0 unspecified atom stereocenters. The van der Waals surface area contributed by atoms with Crippen molar-refractivity contribution in [2.24, 2.45) is 0 Å². The summed E-state index contributed by atoms with van der Waals surface area (Å²) in [4.78, 5) is 0.280. The highest BCUT2D eigenvalue weighted by atomic mass is 32.3. The SMILES string of the molecule is COc1cccc([C@H]2O[C@]2(SC)S(=O)(=O)c2ccc(C)cc2)c1. The van der Waals surface area contributed by atoms with Crippen LogP contribution in [-0.4, -0.2) is 26.0 Å². The predicted molar refractivity (Wildman–Crippen MR) is 91.4 cm³/mol. The van der Waals surface area contributed by atoms with Gasteiger partial charge in [-0.2, -0.15) is 0 Å². The Balaban J connectivity index is 1.98. The number of rotatable bonds is 5. The van der Waals surface area contributed by atoms with Crippen molar-refractivity contribution in [3.8, 4) is 5.75 Å². The van der Waals surface area contributed by atoms with Gasteiger partial charge in [-0.15, -0.1) is 11.8 Å². The number of thioether (sulfide) groups is 1. The highest BCUT2D eigenvalue weighted by Crippen LogP contribution is 2.61. The molecule has 2 aromatic carbocycles. The van der Waals surface area contributed by atoms with Gasteiger partial charge >= 0.3 is 0 Å². The first-order valence-corrected chi connectivity index (χ1v) is 9.83. The topological polar surface area (TPSA) is 55.9 Å². The summed E-state index contributed by atoms with van der Waals surface area (Å²) in [5.41, 5.74) is 1.82. The van der Waals surface area contributed by atoms with Crippen LogP contribution in [0.15, 0.2) is 53.4 Å². The van der Waals surface area contributed by atoms with Gasteiger partial charge in [-0.1, -0.05) is 29.8 Å². The fraction of sp³-hybridized carbons (Fsp3) is 0.294. The van der Waals surface area contributed by atoms with Gasteiger partial charge in [0.1, 0.15) is 11.9 Å². The predicted octanol–water partition coefficient (Wildman–Crippen LogP) is 3.57. The molecule has 23 heavy (non-hydrogen) atoms. The van der Waals surface area contributed by atoms with E-state index >= 15 is 0 Å². The van der Waals surface area contributed by atoms with Crippen LogP contribution in [0.4, 0.5) is 0 Å². The zero-order chi connectivity index (χ0) is 16.7. The number of benzene rings is 2. The maximum absolute atomic E-state index is 13.0. The number of ether oxygens (including phenoxy) is 2. The lowest BCUT2D eigenvalue weighted by Crippen LogP contribution is -2.22. The molecule has 0 amide bonds. The monoisotopic (exact) mass is 350 g/mol. The molecule has 2 aromatic rings. The van der Waals surface area contributed by atoms with Crippen molar-refractivity contribution in [1.82, 2.24) is 0 Å². The molecule has 0 aliphatic carbocycles. The van der Waals surface area contributed by atoms with E-state index in [2.05, 4.69) is 0 Å². The van der Waals surface area contributed by atoms with Crippen LogP contribution in [0.25, 0.3) is 0 Å². The van der Waals surface area contributed by atoms with E-state index in [4.69, 9.17) is 9.47 Å². The normalized spacial score (nSPS) is 23.5. The third kappa shape index (κ3) is 2.65. The molecular weight excluding hydrogens is 332 g/mol. The number of methoxy groups -OCH3 is 1. The van der Waals surface area contributed by atoms with Gasteiger partial charge in [-0.3, -0.25) is 0 Å². The molecule has 1 heterocycles. The van der Waals surface area contributed by atoms with E-state index in [1.807, 2.05) is 31.2 Å². The number of sulfone groups is 1. The van der Waals surface area contributed by atoms with E-state index in [9.17, 15) is 8.42 Å². The van der Waals surface area contributed by atoms with Gasteiger partial charge in [0.25, 0.3) is 4.27 Å². The smallest absolute Gasteiger partial charge is 0.251 e. The molecule has 0 saturated carbocycles. The van der Waals surface area contributed by atoms with Gasteiger partial charge in [0.05, 0.1) is 12.0 Å². The molecule has 6 heteroatoms. The lowest BCUT2D eigenvalue weighted by molar-refractivity contribution is 0.386. The van der Waals surface area contributed by atoms with E-state index in [-0.39, 0.29) is 4.90 Å². The standard InChI is InChI=1S/C17H18O4S2/c1-12-7-9-15(10-8-12)23(18,19)17(22-3)16(21-17)13-5-4-6-14(11-13)20-2/h4-11,16H,1-3H3/t16-,17-/m1/s1. The molecule has 122 valence electrons. The van der Waals surface area contributed by atoms with Crippen molar-refractivity contribution in [2.45, 2.75) is 22.2 Å². The van der Waals surface area contributed by atoms with Gasteiger partial charge in [0, 0.05) is 0 Å². The minimum Gasteiger partial charge on any atom is -0.497 e. The molecule has 0 bridgehead atoms. The van der Waals surface area contributed by atoms with Gasteiger partial charge in [0.15, 0.2) is 0 Å². The van der Waals surface area contributed by atoms with Gasteiger partial charge < -0.3 is 9.47 Å². The van der Waals surface area contributed by atoms with Gasteiger partial charge in [0.2, 0.25) is 9.84 Å². The average molecular weight is 350 g/mol. The Morgan fingerprint density at radius 1 is 1.17 bits per heavy atom. The van der Waals surface area contributed by atoms with E-state index in [0.717, 1.165) is 11.1 Å². The van der Waals surface area contributed by atoms with Crippen molar-refractivity contribution < 1.29 is 17.9 Å². The molecule has 1 aliphatic heterocycles. The first-order chi connectivity index (χ1) is 10.9. The summed E-state index contributed by atoms with van der Waals surface area (Å²) >= 11 is 1.21. The Morgan fingerprint density at radius 3 is 2.48 bits per heavy atom. The Hall–Kier alpha value is -1.50. The quantitative estimate of drug-likeness (QED) is 0.772. The molecule has 0 radical (unpaired) electrons. The van der Waals surface area contributed by atoms with E-state index < -0.39 is 20.2 Å². The fourth-order valence-electron chi connectivity index (χ4n) is 2.56. The van der Waals surface area contributed by atoms with Crippen molar-refractivity contribution in [3.05, 3.63) is 59.7 Å². The third-order valence-electron chi connectivity index (χ3n) is 3.93. The van der Waals surface area contributed by atoms with Crippen molar-refractivity contribution >= 4 is 21.6 Å². The Labute approximate surface area is 140 Å². The largest absolute Gasteiger partial charge is 0.497 e. The van der Waals surface area contributed by atoms with Crippen LogP contribution in [0.3, 0.4) is 0 Å². The van der Waals surface area contributed by atoms with Gasteiger partial charge in [-0.05, 0) is 43.0 Å².